The van der Waals surface area contributed by atoms with Crippen LogP contribution >= 0.6 is 0 Å². The smallest absolute Gasteiger partial charge is 0.411 e. The Labute approximate surface area is 209 Å². The number of ether oxygens (including phenoxy) is 4. The van der Waals surface area contributed by atoms with Gasteiger partial charge in [0.15, 0.2) is 0 Å². The molecule has 1 heterocycles. The number of nitrogens with zero attached hydrogens (tertiary/aromatic N) is 1. The van der Waals surface area contributed by atoms with E-state index in [1.165, 1.54) is 18.3 Å². The molecule has 36 heavy (non-hydrogen) atoms. The summed E-state index contributed by atoms with van der Waals surface area (Å²) >= 11 is 0. The molecular weight excluding hydrogens is 475 g/mol. The number of rotatable bonds is 9. The fourth-order valence-electron chi connectivity index (χ4n) is 4.39. The van der Waals surface area contributed by atoms with Crippen LogP contribution in [-0.2, 0) is 25.1 Å². The van der Waals surface area contributed by atoms with E-state index in [1.54, 1.807) is 32.4 Å². The molecule has 0 aromatic heterocycles. The lowest BCUT2D eigenvalue weighted by atomic mass is 9.88. The van der Waals surface area contributed by atoms with Crippen LogP contribution in [0.4, 0.5) is 13.2 Å². The van der Waals surface area contributed by atoms with Crippen LogP contribution in [0.2, 0.25) is 0 Å². The Kier molecular flexibility index (Phi) is 9.67. The molecule has 196 valence electrons. The minimum Gasteiger partial charge on any atom is -0.411 e. The van der Waals surface area contributed by atoms with Gasteiger partial charge in [-0.3, -0.25) is 0 Å². The van der Waals surface area contributed by atoms with E-state index in [0.717, 1.165) is 29.7 Å². The summed E-state index contributed by atoms with van der Waals surface area (Å²) in [6, 6.07) is 10.4. The minimum atomic E-state index is -4.38. The Bertz CT molecular complexity index is 1040. The summed E-state index contributed by atoms with van der Waals surface area (Å²) in [5.74, 6) is 0. The van der Waals surface area contributed by atoms with Crippen molar-refractivity contribution in [2.75, 3.05) is 20.8 Å². The van der Waals surface area contributed by atoms with Crippen LogP contribution in [0.15, 0.2) is 47.6 Å². The van der Waals surface area contributed by atoms with Gasteiger partial charge in [-0.05, 0) is 48.2 Å². The van der Waals surface area contributed by atoms with Crippen LogP contribution in [0.3, 0.4) is 0 Å². The number of hydrogen-bond acceptors (Lipinski definition) is 6. The third kappa shape index (κ3) is 6.53. The zero-order chi connectivity index (χ0) is 26.3. The molecule has 6 nitrogen and oxygen atoms in total. The summed E-state index contributed by atoms with van der Waals surface area (Å²) in [5.41, 5.74) is 2.07. The highest BCUT2D eigenvalue weighted by molar-refractivity contribution is 5.83. The summed E-state index contributed by atoms with van der Waals surface area (Å²) in [6.45, 7) is 4.46. The highest BCUT2D eigenvalue weighted by Crippen LogP contribution is 2.38. The van der Waals surface area contributed by atoms with Crippen molar-refractivity contribution in [3.05, 3.63) is 70.3 Å². The second-order valence-electron chi connectivity index (χ2n) is 8.58. The van der Waals surface area contributed by atoms with E-state index in [-0.39, 0.29) is 18.3 Å². The molecule has 0 bridgehead atoms. The van der Waals surface area contributed by atoms with Gasteiger partial charge in [0.1, 0.15) is 24.4 Å². The number of methoxy groups -OCH3 is 2. The van der Waals surface area contributed by atoms with Crippen LogP contribution in [0.1, 0.15) is 54.2 Å². The molecule has 0 aliphatic carbocycles. The topological polar surface area (TPSA) is 69.5 Å². The van der Waals surface area contributed by atoms with E-state index in [2.05, 4.69) is 5.16 Å². The lowest BCUT2D eigenvalue weighted by molar-refractivity contribution is -0.246. The van der Waals surface area contributed by atoms with Crippen molar-refractivity contribution in [3.8, 4) is 0 Å². The molecule has 0 unspecified atom stereocenters. The molecule has 1 fully saturated rings. The van der Waals surface area contributed by atoms with Gasteiger partial charge in [-0.25, -0.2) is 0 Å². The fraction of sp³-hybridized carbons (Fsp3) is 0.444. The number of halogens is 3. The number of benzene rings is 2. The summed E-state index contributed by atoms with van der Waals surface area (Å²) in [4.78, 5) is 0. The second kappa shape index (κ2) is 12.5. The van der Waals surface area contributed by atoms with Crippen LogP contribution in [-0.4, -0.2) is 56.7 Å². The van der Waals surface area contributed by atoms with E-state index < -0.39 is 23.9 Å². The van der Waals surface area contributed by atoms with Crippen molar-refractivity contribution in [1.82, 2.24) is 0 Å². The summed E-state index contributed by atoms with van der Waals surface area (Å²) < 4.78 is 62.5. The van der Waals surface area contributed by atoms with Gasteiger partial charge in [-0.2, -0.15) is 13.2 Å². The van der Waals surface area contributed by atoms with Crippen molar-refractivity contribution in [2.45, 2.75) is 57.0 Å². The van der Waals surface area contributed by atoms with Gasteiger partial charge in [-0.15, -0.1) is 0 Å². The van der Waals surface area contributed by atoms with E-state index >= 15 is 0 Å². The molecule has 1 saturated heterocycles. The molecule has 0 saturated carbocycles. The number of hydrogen-bond donors (Lipinski definition) is 1. The Balaban J connectivity index is 1.95. The van der Waals surface area contributed by atoms with Crippen molar-refractivity contribution in [3.63, 3.8) is 0 Å². The average molecular weight is 508 g/mol. The molecule has 5 atom stereocenters. The monoisotopic (exact) mass is 507 g/mol. The van der Waals surface area contributed by atoms with Crippen molar-refractivity contribution in [1.29, 1.82) is 0 Å². The Hall–Kier alpha value is -2.72. The predicted octanol–water partition coefficient (Wildman–Crippen LogP) is 5.97. The number of oxime groups is 1. The first-order valence-corrected chi connectivity index (χ1v) is 11.7. The highest BCUT2D eigenvalue weighted by atomic mass is 19.4. The molecule has 0 spiro atoms. The van der Waals surface area contributed by atoms with E-state index in [9.17, 15) is 18.4 Å². The fourth-order valence-corrected chi connectivity index (χ4v) is 4.39. The molecule has 2 aromatic rings. The van der Waals surface area contributed by atoms with Crippen LogP contribution in [0.25, 0.3) is 12.2 Å². The molecule has 0 radical (unpaired) electrons. The van der Waals surface area contributed by atoms with Gasteiger partial charge in [-0.1, -0.05) is 48.5 Å². The molecule has 0 amide bonds. The van der Waals surface area contributed by atoms with Gasteiger partial charge >= 0.3 is 6.18 Å². The van der Waals surface area contributed by atoms with E-state index in [4.69, 9.17) is 18.9 Å². The Morgan fingerprint density at radius 3 is 2.19 bits per heavy atom. The van der Waals surface area contributed by atoms with Gasteiger partial charge in [0.2, 0.25) is 0 Å². The lowest BCUT2D eigenvalue weighted by Crippen LogP contribution is -2.56. The Morgan fingerprint density at radius 1 is 0.972 bits per heavy atom. The maximum absolute atomic E-state index is 12.8. The van der Waals surface area contributed by atoms with Gasteiger partial charge in [0, 0.05) is 26.4 Å². The number of alkyl halides is 3. The van der Waals surface area contributed by atoms with E-state index in [1.807, 2.05) is 26.0 Å². The van der Waals surface area contributed by atoms with Gasteiger partial charge in [0.05, 0.1) is 17.9 Å². The zero-order valence-electron chi connectivity index (χ0n) is 20.7. The van der Waals surface area contributed by atoms with Crippen LogP contribution in [0.5, 0.6) is 0 Å². The quantitative estimate of drug-likeness (QED) is 0.196. The predicted molar refractivity (Wildman–Crippen MR) is 131 cm³/mol. The second-order valence-corrected chi connectivity index (χ2v) is 8.58. The van der Waals surface area contributed by atoms with Crippen LogP contribution in [0, 0.1) is 0 Å². The van der Waals surface area contributed by atoms with Crippen LogP contribution < -0.4 is 0 Å². The van der Waals surface area contributed by atoms with Gasteiger partial charge < -0.3 is 24.2 Å². The SMILES string of the molecule is CCCO[C@@H]1[C@@H](OC)[C@H](C)O[C@@H](c2cc(/C=C/c3ccc(C(F)(F)F)cc3)ccc2C=NO)[C@H]1OC. The van der Waals surface area contributed by atoms with E-state index in [0.29, 0.717) is 17.7 Å². The minimum absolute atomic E-state index is 0.307. The molecule has 3 rings (SSSR count). The van der Waals surface area contributed by atoms with Crippen molar-refractivity contribution in [2.24, 2.45) is 5.16 Å². The summed E-state index contributed by atoms with van der Waals surface area (Å²) in [7, 11) is 3.19. The summed E-state index contributed by atoms with van der Waals surface area (Å²) in [6.07, 6.45) is -0.790. The maximum atomic E-state index is 12.8. The normalized spacial score (nSPS) is 25.1. The van der Waals surface area contributed by atoms with Crippen molar-refractivity contribution < 1.29 is 37.3 Å². The summed E-state index contributed by atoms with van der Waals surface area (Å²) in [5, 5.41) is 12.4. The molecule has 1 aliphatic rings. The molecule has 9 heteroatoms. The molecule has 1 N–H and O–H groups in total. The standard InChI is InChI=1S/C27H32F3NO5/c1-5-14-35-26-23(33-3)17(2)36-24(25(26)34-4)22-15-19(8-11-20(22)16-31-32)7-6-18-9-12-21(13-10-18)27(28,29)30/h6-13,15-17,23-26,32H,5,14H2,1-4H3/b7-6+,31-16?/t17-,23-,24-,25+,26+/m0/s1. The molecule has 2 aromatic carbocycles. The van der Waals surface area contributed by atoms with Gasteiger partial charge in [0.25, 0.3) is 0 Å². The average Bonchev–Trinajstić information content (AvgIpc) is 2.86. The highest BCUT2D eigenvalue weighted by Gasteiger charge is 2.46. The largest absolute Gasteiger partial charge is 0.416 e. The first-order chi connectivity index (χ1) is 17.2. The first-order valence-electron chi connectivity index (χ1n) is 11.7. The third-order valence-electron chi connectivity index (χ3n) is 6.15. The molecule has 1 aliphatic heterocycles. The third-order valence-corrected chi connectivity index (χ3v) is 6.15. The maximum Gasteiger partial charge on any atom is 0.416 e. The molecular formula is C27H32F3NO5. The first kappa shape index (κ1) is 27.9. The Morgan fingerprint density at radius 2 is 1.61 bits per heavy atom. The lowest BCUT2D eigenvalue weighted by Gasteiger charge is -2.45. The van der Waals surface area contributed by atoms with Crippen molar-refractivity contribution >= 4 is 18.4 Å². The zero-order valence-corrected chi connectivity index (χ0v) is 20.7.